The molecule has 1 heterocycles. The van der Waals surface area contributed by atoms with Gasteiger partial charge in [0.25, 0.3) is 0 Å². The number of rotatable bonds is 3. The number of carboxylic acid groups (broad SMARTS) is 1. The molecule has 0 aliphatic carbocycles. The van der Waals surface area contributed by atoms with Crippen LogP contribution >= 0.6 is 0 Å². The van der Waals surface area contributed by atoms with E-state index in [4.69, 9.17) is 10.8 Å². The first-order chi connectivity index (χ1) is 8.84. The molecule has 0 radical (unpaired) electrons. The number of aliphatic carboxylic acids is 1. The van der Waals surface area contributed by atoms with Crippen molar-refractivity contribution < 1.29 is 18.3 Å². The third-order valence-corrected chi connectivity index (χ3v) is 5.37. The number of fused-ring (bicyclic) bond motifs is 1. The van der Waals surface area contributed by atoms with Crippen molar-refractivity contribution in [3.05, 3.63) is 23.8 Å². The summed E-state index contributed by atoms with van der Waals surface area (Å²) in [5.74, 6) is -1.34. The van der Waals surface area contributed by atoms with Crippen molar-refractivity contribution in [2.45, 2.75) is 25.0 Å². The average molecular weight is 284 g/mol. The third-order valence-electron chi connectivity index (χ3n) is 3.28. The lowest BCUT2D eigenvalue weighted by molar-refractivity contribution is -0.136. The molecule has 1 aromatic carbocycles. The predicted octanol–water partition coefficient (Wildman–Crippen LogP) is 0.824. The lowest BCUT2D eigenvalue weighted by atomic mass is 10.0. The predicted molar refractivity (Wildman–Crippen MR) is 72.5 cm³/mol. The van der Waals surface area contributed by atoms with E-state index in [0.717, 1.165) is 12.0 Å². The van der Waals surface area contributed by atoms with Crippen LogP contribution in [0.2, 0.25) is 0 Å². The van der Waals surface area contributed by atoms with Crippen LogP contribution < -0.4 is 10.0 Å². The number of carboxylic acids is 1. The van der Waals surface area contributed by atoms with Gasteiger partial charge in [-0.3, -0.25) is 9.10 Å². The van der Waals surface area contributed by atoms with Crippen LogP contribution in [0.3, 0.4) is 0 Å². The van der Waals surface area contributed by atoms with Crippen molar-refractivity contribution >= 4 is 27.4 Å². The highest BCUT2D eigenvalue weighted by atomic mass is 32.2. The number of nitrogens with zero attached hydrogens (tertiary/aromatic N) is 1. The molecule has 2 rings (SSSR count). The van der Waals surface area contributed by atoms with Crippen molar-refractivity contribution in [2.75, 3.05) is 16.6 Å². The molecule has 0 spiro atoms. The fourth-order valence-electron chi connectivity index (χ4n) is 2.17. The Hall–Kier alpha value is -1.76. The van der Waals surface area contributed by atoms with Gasteiger partial charge in [0, 0.05) is 12.2 Å². The number of carbonyl (C=O) groups is 1. The maximum atomic E-state index is 12.3. The number of anilines is 2. The average Bonchev–Trinajstić information content (AvgIpc) is 2.36. The second-order valence-electron chi connectivity index (χ2n) is 4.59. The number of hydrogen-bond donors (Lipinski definition) is 2. The summed E-state index contributed by atoms with van der Waals surface area (Å²) in [6, 6.07) is 5.00. The molecule has 0 bridgehead atoms. The van der Waals surface area contributed by atoms with E-state index < -0.39 is 21.2 Å². The molecule has 104 valence electrons. The van der Waals surface area contributed by atoms with E-state index in [1.807, 2.05) is 0 Å². The van der Waals surface area contributed by atoms with Crippen LogP contribution in [0.15, 0.2) is 18.2 Å². The molecule has 3 N–H and O–H groups in total. The van der Waals surface area contributed by atoms with Crippen LogP contribution in [0.25, 0.3) is 0 Å². The van der Waals surface area contributed by atoms with E-state index in [1.165, 1.54) is 11.2 Å². The van der Waals surface area contributed by atoms with Gasteiger partial charge >= 0.3 is 5.97 Å². The maximum absolute atomic E-state index is 12.3. The molecule has 1 atom stereocenters. The molecule has 0 amide bonds. The van der Waals surface area contributed by atoms with Crippen molar-refractivity contribution in [2.24, 2.45) is 0 Å². The maximum Gasteiger partial charge on any atom is 0.323 e. The fourth-order valence-corrected chi connectivity index (χ4v) is 3.64. The van der Waals surface area contributed by atoms with Crippen LogP contribution in [0, 0.1) is 0 Å². The Morgan fingerprint density at radius 1 is 1.47 bits per heavy atom. The standard InChI is InChI=1S/C12H16N2O4S/c1-8(12(15)16)19(17,18)14-6-2-3-9-7-10(13)4-5-11(9)14/h4-5,7-8H,2-3,6,13H2,1H3,(H,15,16). The Morgan fingerprint density at radius 3 is 2.79 bits per heavy atom. The van der Waals surface area contributed by atoms with E-state index in [1.54, 1.807) is 18.2 Å². The van der Waals surface area contributed by atoms with Gasteiger partial charge in [0.05, 0.1) is 5.69 Å². The summed E-state index contributed by atoms with van der Waals surface area (Å²) in [6.07, 6.45) is 1.40. The first-order valence-electron chi connectivity index (χ1n) is 5.97. The summed E-state index contributed by atoms with van der Waals surface area (Å²) in [6.45, 7) is 1.49. The van der Waals surface area contributed by atoms with E-state index in [0.29, 0.717) is 24.3 Å². The Labute approximate surface area is 111 Å². The first kappa shape index (κ1) is 13.7. The lowest BCUT2D eigenvalue weighted by Crippen LogP contribution is -2.43. The number of nitrogen functional groups attached to an aromatic ring is 1. The fraction of sp³-hybridized carbons (Fsp3) is 0.417. The second-order valence-corrected chi connectivity index (χ2v) is 6.77. The smallest absolute Gasteiger partial charge is 0.323 e. The summed E-state index contributed by atoms with van der Waals surface area (Å²) >= 11 is 0. The van der Waals surface area contributed by atoms with Crippen molar-refractivity contribution in [1.29, 1.82) is 0 Å². The van der Waals surface area contributed by atoms with Gasteiger partial charge in [-0.2, -0.15) is 0 Å². The SMILES string of the molecule is CC(C(=O)O)S(=O)(=O)N1CCCc2cc(N)ccc21. The van der Waals surface area contributed by atoms with E-state index in [-0.39, 0.29) is 0 Å². The minimum absolute atomic E-state index is 0.302. The quantitative estimate of drug-likeness (QED) is 0.800. The molecular weight excluding hydrogens is 268 g/mol. The Morgan fingerprint density at radius 2 is 2.16 bits per heavy atom. The zero-order valence-electron chi connectivity index (χ0n) is 10.5. The summed E-state index contributed by atoms with van der Waals surface area (Å²) in [4.78, 5) is 10.9. The lowest BCUT2D eigenvalue weighted by Gasteiger charge is -2.31. The minimum Gasteiger partial charge on any atom is -0.480 e. The molecule has 1 aromatic rings. The van der Waals surface area contributed by atoms with Crippen molar-refractivity contribution in [1.82, 2.24) is 0 Å². The molecule has 19 heavy (non-hydrogen) atoms. The molecule has 7 heteroatoms. The van der Waals surface area contributed by atoms with Crippen molar-refractivity contribution in [3.63, 3.8) is 0 Å². The largest absolute Gasteiger partial charge is 0.480 e. The number of sulfonamides is 1. The third kappa shape index (κ3) is 2.37. The summed E-state index contributed by atoms with van der Waals surface area (Å²) in [5.41, 5.74) is 7.63. The number of benzene rings is 1. The molecule has 1 unspecified atom stereocenters. The molecule has 0 saturated heterocycles. The topological polar surface area (TPSA) is 101 Å². The van der Waals surface area contributed by atoms with Crippen LogP contribution in [-0.2, 0) is 21.2 Å². The van der Waals surface area contributed by atoms with Gasteiger partial charge in [-0.25, -0.2) is 8.42 Å². The molecule has 0 aromatic heterocycles. The molecule has 0 saturated carbocycles. The van der Waals surface area contributed by atoms with E-state index >= 15 is 0 Å². The molecule has 0 fully saturated rings. The van der Waals surface area contributed by atoms with Gasteiger partial charge in [-0.15, -0.1) is 0 Å². The highest BCUT2D eigenvalue weighted by Gasteiger charge is 2.36. The molecular formula is C12H16N2O4S. The van der Waals surface area contributed by atoms with Gasteiger partial charge in [0.2, 0.25) is 10.0 Å². The van der Waals surface area contributed by atoms with E-state index in [9.17, 15) is 13.2 Å². The molecule has 1 aliphatic rings. The number of hydrogen-bond acceptors (Lipinski definition) is 4. The van der Waals surface area contributed by atoms with Crippen LogP contribution in [0.5, 0.6) is 0 Å². The monoisotopic (exact) mass is 284 g/mol. The van der Waals surface area contributed by atoms with Crippen LogP contribution in [-0.4, -0.2) is 31.3 Å². The van der Waals surface area contributed by atoms with Gasteiger partial charge in [0.1, 0.15) is 0 Å². The number of aryl methyl sites for hydroxylation is 1. The van der Waals surface area contributed by atoms with Gasteiger partial charge in [-0.1, -0.05) is 0 Å². The summed E-state index contributed by atoms with van der Waals surface area (Å²) in [5, 5.41) is 7.45. The van der Waals surface area contributed by atoms with E-state index in [2.05, 4.69) is 0 Å². The normalized spacial score (nSPS) is 16.8. The van der Waals surface area contributed by atoms with Gasteiger partial charge < -0.3 is 10.8 Å². The van der Waals surface area contributed by atoms with Gasteiger partial charge in [0.15, 0.2) is 5.25 Å². The minimum atomic E-state index is -3.89. The Balaban J connectivity index is 2.47. The summed E-state index contributed by atoms with van der Waals surface area (Å²) < 4.78 is 25.8. The number of nitrogens with two attached hydrogens (primary N) is 1. The zero-order chi connectivity index (χ0) is 14.2. The van der Waals surface area contributed by atoms with Gasteiger partial charge in [-0.05, 0) is 43.5 Å². The molecule has 6 nitrogen and oxygen atoms in total. The highest BCUT2D eigenvalue weighted by Crippen LogP contribution is 2.32. The van der Waals surface area contributed by atoms with Crippen LogP contribution in [0.1, 0.15) is 18.9 Å². The Kier molecular flexibility index (Phi) is 3.40. The first-order valence-corrected chi connectivity index (χ1v) is 7.47. The second kappa shape index (κ2) is 4.73. The summed E-state index contributed by atoms with van der Waals surface area (Å²) in [7, 11) is -3.89. The van der Waals surface area contributed by atoms with Crippen molar-refractivity contribution in [3.8, 4) is 0 Å². The zero-order valence-corrected chi connectivity index (χ0v) is 11.4. The Bertz CT molecular complexity index is 612. The molecule has 1 aliphatic heterocycles. The van der Waals surface area contributed by atoms with Crippen LogP contribution in [0.4, 0.5) is 11.4 Å². The highest BCUT2D eigenvalue weighted by molar-refractivity contribution is 7.94.